The van der Waals surface area contributed by atoms with Crippen LogP contribution in [0.4, 0.5) is 0 Å². The zero-order valence-corrected chi connectivity index (χ0v) is 20.3. The Morgan fingerprint density at radius 2 is 0.565 bits per heavy atom. The fourth-order valence-corrected chi connectivity index (χ4v) is 1.26. The first-order valence-electron chi connectivity index (χ1n) is 6.34. The number of benzene rings is 3. The number of para-hydroxylation sites is 3. The second kappa shape index (κ2) is 16.5. The average Bonchev–Trinajstić information content (AvgIpc) is 2.51. The second-order valence-corrected chi connectivity index (χ2v) is 3.94. The van der Waals surface area contributed by atoms with Gasteiger partial charge in [-0.3, -0.25) is 0 Å². The second-order valence-electron chi connectivity index (χ2n) is 3.94. The molecule has 0 radical (unpaired) electrons. The van der Waals surface area contributed by atoms with Crippen LogP contribution in [0.3, 0.4) is 0 Å². The van der Waals surface area contributed by atoms with Crippen molar-refractivity contribution < 1.29 is 94.0 Å². The molecule has 0 aromatic heterocycles. The summed E-state index contributed by atoms with van der Waals surface area (Å²) in [4.78, 5) is 0. The van der Waals surface area contributed by atoms with Gasteiger partial charge in [-0.15, -0.1) is 17.2 Å². The zero-order valence-electron chi connectivity index (χ0n) is 13.1. The summed E-state index contributed by atoms with van der Waals surface area (Å²) >= 11 is 0. The van der Waals surface area contributed by atoms with E-state index in [1.807, 2.05) is 18.2 Å². The molecule has 0 spiro atoms. The van der Waals surface area contributed by atoms with Crippen LogP contribution in [-0.2, 0) is 27.3 Å². The molecule has 0 bridgehead atoms. The van der Waals surface area contributed by atoms with Crippen molar-refractivity contribution in [3.05, 3.63) is 91.0 Å². The third kappa shape index (κ3) is 14.9. The summed E-state index contributed by atoms with van der Waals surface area (Å²) in [5.41, 5.74) is 0. The Kier molecular flexibility index (Phi) is 17.8. The minimum atomic E-state index is 0. The summed E-state index contributed by atoms with van der Waals surface area (Å²) in [5, 5.41) is 30.8. The quantitative estimate of drug-likeness (QED) is 0.442. The molecular formula is C18H15CdKO3. The van der Waals surface area contributed by atoms with Gasteiger partial charge < -0.3 is 15.3 Å². The van der Waals surface area contributed by atoms with E-state index in [0.717, 1.165) is 0 Å². The largest absolute Gasteiger partial charge is 2.00 e. The van der Waals surface area contributed by atoms with Crippen molar-refractivity contribution in [3.63, 3.8) is 0 Å². The first-order chi connectivity index (χ1) is 10.2. The molecule has 5 heteroatoms. The molecule has 0 amide bonds. The summed E-state index contributed by atoms with van der Waals surface area (Å²) < 4.78 is 0. The van der Waals surface area contributed by atoms with Crippen LogP contribution in [0.5, 0.6) is 17.2 Å². The Hall–Kier alpha value is -0.382. The molecule has 0 saturated carbocycles. The first-order valence-corrected chi connectivity index (χ1v) is 6.34. The fourth-order valence-electron chi connectivity index (χ4n) is 1.26. The molecule has 0 aliphatic heterocycles. The Labute approximate surface area is 199 Å². The van der Waals surface area contributed by atoms with Gasteiger partial charge in [-0.25, -0.2) is 0 Å². The number of hydrogen-bond donors (Lipinski definition) is 0. The maximum absolute atomic E-state index is 10.3. The molecule has 0 heterocycles. The molecule has 108 valence electrons. The fraction of sp³-hybridized carbons (Fsp3) is 0. The van der Waals surface area contributed by atoms with E-state index >= 15 is 0 Å². The molecule has 0 aliphatic rings. The van der Waals surface area contributed by atoms with Crippen molar-refractivity contribution >= 4 is 0 Å². The van der Waals surface area contributed by atoms with Crippen LogP contribution in [0.2, 0.25) is 0 Å². The van der Waals surface area contributed by atoms with E-state index in [0.29, 0.717) is 0 Å². The summed E-state index contributed by atoms with van der Waals surface area (Å²) in [5.74, 6) is 0.215. The first kappa shape index (κ1) is 24.9. The van der Waals surface area contributed by atoms with Crippen LogP contribution in [0, 0.1) is 0 Å². The standard InChI is InChI=1S/3C6H6O.Cd.K/c3*7-6-4-2-1-3-5-6;;/h3*1-5,7H;;/q;;;+2;+1/p-3. The van der Waals surface area contributed by atoms with Crippen molar-refractivity contribution in [2.24, 2.45) is 0 Å². The Bertz CT molecular complexity index is 503. The van der Waals surface area contributed by atoms with Gasteiger partial charge in [0.25, 0.3) is 0 Å². The van der Waals surface area contributed by atoms with E-state index < -0.39 is 0 Å². The monoisotopic (exact) mass is 432 g/mol. The van der Waals surface area contributed by atoms with Crippen LogP contribution < -0.4 is 66.7 Å². The van der Waals surface area contributed by atoms with Gasteiger partial charge >= 0.3 is 78.7 Å². The molecule has 0 unspecified atom stereocenters. The van der Waals surface area contributed by atoms with E-state index in [1.54, 1.807) is 36.4 Å². The average molecular weight is 431 g/mol. The van der Waals surface area contributed by atoms with E-state index in [1.165, 1.54) is 36.4 Å². The number of rotatable bonds is 0. The summed E-state index contributed by atoms with van der Waals surface area (Å²) in [6.45, 7) is 0. The van der Waals surface area contributed by atoms with Crippen LogP contribution in [0.15, 0.2) is 91.0 Å². The molecule has 0 fully saturated rings. The molecule has 0 aliphatic carbocycles. The third-order valence-electron chi connectivity index (χ3n) is 2.23. The van der Waals surface area contributed by atoms with Gasteiger partial charge in [0.1, 0.15) is 0 Å². The minimum Gasteiger partial charge on any atom is -0.872 e. The molecule has 3 nitrogen and oxygen atoms in total. The normalized spacial score (nSPS) is 7.83. The SMILES string of the molecule is [Cd+2].[K+].[O-]c1ccccc1.[O-]c1ccccc1.[O-]c1ccccc1. The molecule has 3 rings (SSSR count). The molecule has 0 atom stereocenters. The number of hydrogen-bond acceptors (Lipinski definition) is 3. The Balaban J connectivity index is 0. The molecule has 23 heavy (non-hydrogen) atoms. The Morgan fingerprint density at radius 1 is 0.391 bits per heavy atom. The molecular weight excluding hydrogens is 416 g/mol. The topological polar surface area (TPSA) is 69.2 Å². The van der Waals surface area contributed by atoms with Crippen molar-refractivity contribution in [3.8, 4) is 17.2 Å². The van der Waals surface area contributed by atoms with Crippen LogP contribution in [0.25, 0.3) is 0 Å². The van der Waals surface area contributed by atoms with Crippen molar-refractivity contribution in [1.82, 2.24) is 0 Å². The van der Waals surface area contributed by atoms with Gasteiger partial charge in [-0.2, -0.15) is 0 Å². The van der Waals surface area contributed by atoms with Crippen molar-refractivity contribution in [2.45, 2.75) is 0 Å². The van der Waals surface area contributed by atoms with E-state index in [-0.39, 0.29) is 95.9 Å². The van der Waals surface area contributed by atoms with Crippen LogP contribution in [0.1, 0.15) is 0 Å². The molecule has 3 aromatic rings. The minimum absolute atomic E-state index is 0. The zero-order chi connectivity index (χ0) is 15.3. The maximum atomic E-state index is 10.3. The molecule has 0 N–H and O–H groups in total. The maximum Gasteiger partial charge on any atom is 2.00 e. The smallest absolute Gasteiger partial charge is 0.872 e. The van der Waals surface area contributed by atoms with Crippen molar-refractivity contribution in [2.75, 3.05) is 0 Å². The van der Waals surface area contributed by atoms with Gasteiger partial charge in [0, 0.05) is 0 Å². The predicted molar refractivity (Wildman–Crippen MR) is 77.7 cm³/mol. The van der Waals surface area contributed by atoms with E-state index in [2.05, 4.69) is 0 Å². The molecule has 0 saturated heterocycles. The summed E-state index contributed by atoms with van der Waals surface area (Å²) in [7, 11) is 0. The molecule has 3 aromatic carbocycles. The van der Waals surface area contributed by atoms with Gasteiger partial charge in [0.2, 0.25) is 0 Å². The van der Waals surface area contributed by atoms with Crippen molar-refractivity contribution in [1.29, 1.82) is 0 Å². The van der Waals surface area contributed by atoms with Gasteiger partial charge in [0.05, 0.1) is 0 Å². The van der Waals surface area contributed by atoms with E-state index in [4.69, 9.17) is 0 Å². The third-order valence-corrected chi connectivity index (χ3v) is 2.23. The van der Waals surface area contributed by atoms with Gasteiger partial charge in [0.15, 0.2) is 0 Å². The van der Waals surface area contributed by atoms with E-state index in [9.17, 15) is 15.3 Å². The van der Waals surface area contributed by atoms with Gasteiger partial charge in [-0.1, -0.05) is 91.0 Å². The summed E-state index contributed by atoms with van der Waals surface area (Å²) in [6.07, 6.45) is 0. The Morgan fingerprint density at radius 3 is 0.652 bits per heavy atom. The predicted octanol–water partition coefficient (Wildman–Crippen LogP) is -0.718. The van der Waals surface area contributed by atoms with Crippen LogP contribution >= 0.6 is 0 Å². The summed E-state index contributed by atoms with van der Waals surface area (Å²) in [6, 6.07) is 25.0. The van der Waals surface area contributed by atoms with Gasteiger partial charge in [-0.05, 0) is 0 Å². The van der Waals surface area contributed by atoms with Crippen LogP contribution in [-0.4, -0.2) is 0 Å².